The maximum Gasteiger partial charge on any atom is 0.269 e. The van der Waals surface area contributed by atoms with Gasteiger partial charge in [0.2, 0.25) is 0 Å². The predicted molar refractivity (Wildman–Crippen MR) is 84.1 cm³/mol. The number of hydrogen-bond acceptors (Lipinski definition) is 4. The molecule has 2 rings (SSSR count). The quantitative estimate of drug-likeness (QED) is 0.454. The van der Waals surface area contributed by atoms with Crippen LogP contribution >= 0.6 is 34.5 Å². The smallest absolute Gasteiger partial charge is 0.269 e. The van der Waals surface area contributed by atoms with Crippen LogP contribution in [0, 0.1) is 10.1 Å². The van der Waals surface area contributed by atoms with Gasteiger partial charge in [-0.1, -0.05) is 11.6 Å². The molecule has 0 atom stereocenters. The third-order valence-corrected chi connectivity index (χ3v) is 4.35. The summed E-state index contributed by atoms with van der Waals surface area (Å²) in [5, 5.41) is 10.8. The number of nitro benzene ring substituents is 1. The van der Waals surface area contributed by atoms with Crippen LogP contribution in [0.1, 0.15) is 10.4 Å². The Bertz CT molecular complexity index is 631. The number of benzene rings is 1. The van der Waals surface area contributed by atoms with Gasteiger partial charge in [0.25, 0.3) is 5.69 Å². The van der Waals surface area contributed by atoms with Gasteiger partial charge in [0.15, 0.2) is 0 Å². The zero-order valence-electron chi connectivity index (χ0n) is 10.7. The van der Waals surface area contributed by atoms with Crippen LogP contribution < -0.4 is 4.90 Å². The van der Waals surface area contributed by atoms with Crippen molar-refractivity contribution in [2.75, 3.05) is 11.9 Å². The second kappa shape index (κ2) is 6.43. The summed E-state index contributed by atoms with van der Waals surface area (Å²) in [4.78, 5) is 13.5. The second-order valence-corrected chi connectivity index (χ2v) is 6.33. The van der Waals surface area contributed by atoms with Gasteiger partial charge in [-0.05, 0) is 23.8 Å². The van der Waals surface area contributed by atoms with Crippen LogP contribution in [0.2, 0.25) is 4.34 Å². The van der Waals surface area contributed by atoms with Crippen LogP contribution in [0.4, 0.5) is 11.4 Å². The second-order valence-electron chi connectivity index (χ2n) is 4.27. The van der Waals surface area contributed by atoms with Crippen LogP contribution in [-0.2, 0) is 12.4 Å². The van der Waals surface area contributed by atoms with Crippen molar-refractivity contribution >= 4 is 45.9 Å². The Morgan fingerprint density at radius 3 is 2.65 bits per heavy atom. The zero-order chi connectivity index (χ0) is 14.7. The van der Waals surface area contributed by atoms with E-state index in [0.717, 1.165) is 20.5 Å². The van der Waals surface area contributed by atoms with Crippen molar-refractivity contribution in [3.8, 4) is 0 Å². The lowest BCUT2D eigenvalue weighted by Crippen LogP contribution is -2.17. The molecule has 0 saturated heterocycles. The normalized spacial score (nSPS) is 10.6. The highest BCUT2D eigenvalue weighted by Gasteiger charge is 2.13. The number of anilines is 1. The minimum absolute atomic E-state index is 0.0527. The summed E-state index contributed by atoms with van der Waals surface area (Å²) in [6.45, 7) is 0.680. The Balaban J connectivity index is 2.24. The van der Waals surface area contributed by atoms with Gasteiger partial charge < -0.3 is 4.90 Å². The average molecular weight is 331 g/mol. The molecule has 7 heteroatoms. The van der Waals surface area contributed by atoms with Gasteiger partial charge in [-0.15, -0.1) is 22.9 Å². The standard InChI is InChI=1S/C13H12Cl2N2O2S/c1-16(8-11-3-5-13(15)20-11)12-4-2-10(17(18)19)6-9(12)7-14/h2-6H,7-8H2,1H3. The molecule has 0 spiro atoms. The van der Waals surface area contributed by atoms with Gasteiger partial charge in [-0.3, -0.25) is 10.1 Å². The summed E-state index contributed by atoms with van der Waals surface area (Å²) in [6.07, 6.45) is 0. The van der Waals surface area contributed by atoms with E-state index in [0.29, 0.717) is 6.54 Å². The first-order valence-electron chi connectivity index (χ1n) is 5.80. The lowest BCUT2D eigenvalue weighted by Gasteiger charge is -2.21. The van der Waals surface area contributed by atoms with Crippen molar-refractivity contribution in [1.29, 1.82) is 0 Å². The molecule has 0 N–H and O–H groups in total. The third-order valence-electron chi connectivity index (χ3n) is 2.85. The number of hydrogen-bond donors (Lipinski definition) is 0. The molecule has 0 aliphatic rings. The summed E-state index contributed by atoms with van der Waals surface area (Å²) < 4.78 is 0.745. The number of alkyl halides is 1. The number of halogens is 2. The highest BCUT2D eigenvalue weighted by molar-refractivity contribution is 7.16. The van der Waals surface area contributed by atoms with E-state index in [1.807, 2.05) is 24.1 Å². The van der Waals surface area contributed by atoms with Crippen molar-refractivity contribution in [3.05, 3.63) is 55.2 Å². The third kappa shape index (κ3) is 3.42. The SMILES string of the molecule is CN(Cc1ccc(Cl)s1)c1ccc([N+](=O)[O-])cc1CCl. The molecule has 0 radical (unpaired) electrons. The summed E-state index contributed by atoms with van der Waals surface area (Å²) in [7, 11) is 1.92. The minimum Gasteiger partial charge on any atom is -0.369 e. The fourth-order valence-electron chi connectivity index (χ4n) is 1.92. The highest BCUT2D eigenvalue weighted by atomic mass is 35.5. The molecule has 0 amide bonds. The fraction of sp³-hybridized carbons (Fsp3) is 0.231. The van der Waals surface area contributed by atoms with E-state index in [1.165, 1.54) is 23.5 Å². The van der Waals surface area contributed by atoms with Crippen molar-refractivity contribution < 1.29 is 4.92 Å². The number of nitrogens with zero attached hydrogens (tertiary/aromatic N) is 2. The van der Waals surface area contributed by atoms with Crippen LogP contribution in [0.3, 0.4) is 0 Å². The molecule has 0 saturated carbocycles. The molecule has 0 unspecified atom stereocenters. The number of nitro groups is 1. The van der Waals surface area contributed by atoms with Gasteiger partial charge in [0.05, 0.1) is 15.8 Å². The largest absolute Gasteiger partial charge is 0.369 e. The van der Waals surface area contributed by atoms with E-state index in [-0.39, 0.29) is 11.6 Å². The van der Waals surface area contributed by atoms with Crippen molar-refractivity contribution in [2.24, 2.45) is 0 Å². The Morgan fingerprint density at radius 1 is 1.35 bits per heavy atom. The molecule has 1 aromatic carbocycles. The van der Waals surface area contributed by atoms with E-state index >= 15 is 0 Å². The maximum absolute atomic E-state index is 10.8. The molecule has 106 valence electrons. The Morgan fingerprint density at radius 2 is 2.10 bits per heavy atom. The van der Waals surface area contributed by atoms with Crippen LogP contribution in [0.15, 0.2) is 30.3 Å². The van der Waals surface area contributed by atoms with Gasteiger partial charge in [0.1, 0.15) is 0 Å². The number of rotatable bonds is 5. The molecule has 1 aromatic heterocycles. The Kier molecular flexibility index (Phi) is 4.86. The fourth-order valence-corrected chi connectivity index (χ4v) is 3.28. The van der Waals surface area contributed by atoms with E-state index in [1.54, 1.807) is 6.07 Å². The number of thiophene rings is 1. The molecular weight excluding hydrogens is 319 g/mol. The molecule has 0 aliphatic heterocycles. The highest BCUT2D eigenvalue weighted by Crippen LogP contribution is 2.29. The lowest BCUT2D eigenvalue weighted by molar-refractivity contribution is -0.384. The minimum atomic E-state index is -0.418. The van der Waals surface area contributed by atoms with Crippen LogP contribution in [0.25, 0.3) is 0 Å². The van der Waals surface area contributed by atoms with Crippen LogP contribution in [-0.4, -0.2) is 12.0 Å². The van der Waals surface area contributed by atoms with E-state index in [9.17, 15) is 10.1 Å². The summed E-state index contributed by atoms with van der Waals surface area (Å²) >= 11 is 13.3. The van der Waals surface area contributed by atoms with Crippen molar-refractivity contribution in [1.82, 2.24) is 0 Å². The summed E-state index contributed by atoms with van der Waals surface area (Å²) in [6, 6.07) is 8.55. The lowest BCUT2D eigenvalue weighted by atomic mass is 10.1. The number of non-ortho nitro benzene ring substituents is 1. The zero-order valence-corrected chi connectivity index (χ0v) is 13.0. The van der Waals surface area contributed by atoms with E-state index in [4.69, 9.17) is 23.2 Å². The van der Waals surface area contributed by atoms with Crippen molar-refractivity contribution in [3.63, 3.8) is 0 Å². The first-order chi connectivity index (χ1) is 9.51. The molecule has 2 aromatic rings. The van der Waals surface area contributed by atoms with Gasteiger partial charge in [-0.25, -0.2) is 0 Å². The van der Waals surface area contributed by atoms with E-state index < -0.39 is 4.92 Å². The maximum atomic E-state index is 10.8. The summed E-state index contributed by atoms with van der Waals surface area (Å²) in [5.41, 5.74) is 1.68. The topological polar surface area (TPSA) is 46.4 Å². The average Bonchev–Trinajstić information content (AvgIpc) is 2.83. The molecule has 4 nitrogen and oxygen atoms in total. The van der Waals surface area contributed by atoms with Crippen molar-refractivity contribution in [2.45, 2.75) is 12.4 Å². The Hall–Kier alpha value is -1.30. The predicted octanol–water partition coefficient (Wildman–Crippen LogP) is 4.68. The molecule has 0 fully saturated rings. The monoisotopic (exact) mass is 330 g/mol. The molecule has 0 bridgehead atoms. The molecule has 0 aliphatic carbocycles. The van der Waals surface area contributed by atoms with Gasteiger partial charge >= 0.3 is 0 Å². The first-order valence-corrected chi connectivity index (χ1v) is 7.53. The molecule has 1 heterocycles. The first kappa shape index (κ1) is 15.1. The summed E-state index contributed by atoms with van der Waals surface area (Å²) in [5.74, 6) is 0.229. The molecule has 20 heavy (non-hydrogen) atoms. The molecular formula is C13H12Cl2N2O2S. The van der Waals surface area contributed by atoms with Gasteiger partial charge in [-0.2, -0.15) is 0 Å². The Labute approximate surface area is 130 Å². The van der Waals surface area contributed by atoms with Gasteiger partial charge in [0, 0.05) is 35.6 Å². The van der Waals surface area contributed by atoms with Crippen LogP contribution in [0.5, 0.6) is 0 Å². The van der Waals surface area contributed by atoms with E-state index in [2.05, 4.69) is 0 Å².